The highest BCUT2D eigenvalue weighted by Gasteiger charge is 2.44. The van der Waals surface area contributed by atoms with Gasteiger partial charge in [-0.05, 0) is 38.7 Å². The second-order valence-electron chi connectivity index (χ2n) is 8.71. The van der Waals surface area contributed by atoms with Gasteiger partial charge in [0.15, 0.2) is 0 Å². The molecule has 1 aromatic rings. The molecule has 0 aromatic heterocycles. The van der Waals surface area contributed by atoms with Gasteiger partial charge >= 0.3 is 6.18 Å². The van der Waals surface area contributed by atoms with Crippen LogP contribution in [0, 0.1) is 11.8 Å². The number of carbonyl (C=O) groups excluding carboxylic acids is 2. The highest BCUT2D eigenvalue weighted by Crippen LogP contribution is 2.40. The molecule has 4 nitrogen and oxygen atoms in total. The van der Waals surface area contributed by atoms with E-state index in [9.17, 15) is 22.8 Å². The molecule has 7 heteroatoms. The molecule has 1 aliphatic heterocycles. The van der Waals surface area contributed by atoms with Crippen LogP contribution >= 0.6 is 0 Å². The van der Waals surface area contributed by atoms with Crippen LogP contribution < -0.4 is 0 Å². The van der Waals surface area contributed by atoms with Crippen LogP contribution in [0.4, 0.5) is 13.2 Å². The maximum absolute atomic E-state index is 13.0. The number of hydrogen-bond acceptors (Lipinski definition) is 2. The van der Waals surface area contributed by atoms with E-state index >= 15 is 0 Å². The summed E-state index contributed by atoms with van der Waals surface area (Å²) in [6.45, 7) is 5.36. The van der Waals surface area contributed by atoms with Gasteiger partial charge in [0.05, 0.1) is 11.3 Å². The molecule has 2 atom stereocenters. The van der Waals surface area contributed by atoms with E-state index in [0.717, 1.165) is 5.56 Å². The molecule has 0 radical (unpaired) electrons. The summed E-state index contributed by atoms with van der Waals surface area (Å²) in [6.07, 6.45) is -3.27. The van der Waals surface area contributed by atoms with Crippen LogP contribution in [0.2, 0.25) is 0 Å². The van der Waals surface area contributed by atoms with Crippen molar-refractivity contribution in [3.05, 3.63) is 35.9 Å². The number of hydrogen-bond donors (Lipinski definition) is 0. The number of rotatable bonds is 3. The highest BCUT2D eigenvalue weighted by molar-refractivity contribution is 5.87. The van der Waals surface area contributed by atoms with Crippen molar-refractivity contribution in [1.82, 2.24) is 9.80 Å². The minimum Gasteiger partial charge on any atom is -0.339 e. The molecule has 0 N–H and O–H groups in total. The zero-order chi connectivity index (χ0) is 21.2. The number of amides is 2. The molecule has 0 spiro atoms. The summed E-state index contributed by atoms with van der Waals surface area (Å²) in [4.78, 5) is 29.2. The standard InChI is InChI=1S/C22H29F3N2O2/c1-21(2,17-8-4-3-5-9-17)20(29)27-13-11-26(12-14-27)19(28)16-7-6-10-18(15-16)22(23,24)25/h3-5,8-9,16,18H,6-7,10-15H2,1-2H3. The van der Waals surface area contributed by atoms with Crippen LogP contribution in [0.25, 0.3) is 0 Å². The lowest BCUT2D eigenvalue weighted by Gasteiger charge is -2.40. The summed E-state index contributed by atoms with van der Waals surface area (Å²) in [6, 6.07) is 9.57. The molecule has 3 rings (SSSR count). The Morgan fingerprint density at radius 2 is 1.52 bits per heavy atom. The topological polar surface area (TPSA) is 40.6 Å². The van der Waals surface area contributed by atoms with E-state index in [1.54, 1.807) is 9.80 Å². The predicted octanol–water partition coefficient (Wildman–Crippen LogP) is 4.00. The van der Waals surface area contributed by atoms with Gasteiger partial charge in [-0.1, -0.05) is 36.8 Å². The second kappa shape index (κ2) is 8.36. The number of nitrogens with zero attached hydrogens (tertiary/aromatic N) is 2. The van der Waals surface area contributed by atoms with Crippen molar-refractivity contribution in [2.24, 2.45) is 11.8 Å². The fraction of sp³-hybridized carbons (Fsp3) is 0.636. The predicted molar refractivity (Wildman–Crippen MR) is 104 cm³/mol. The van der Waals surface area contributed by atoms with Gasteiger partial charge in [0, 0.05) is 32.1 Å². The largest absolute Gasteiger partial charge is 0.391 e. The summed E-state index contributed by atoms with van der Waals surface area (Å²) in [5.74, 6) is -2.11. The summed E-state index contributed by atoms with van der Waals surface area (Å²) in [7, 11) is 0. The zero-order valence-corrected chi connectivity index (χ0v) is 17.0. The lowest BCUT2D eigenvalue weighted by molar-refractivity contribution is -0.187. The molecule has 29 heavy (non-hydrogen) atoms. The number of carbonyl (C=O) groups is 2. The SMILES string of the molecule is CC(C)(C(=O)N1CCN(C(=O)C2CCCC(C(F)(F)F)C2)CC1)c1ccccc1. The molecule has 0 bridgehead atoms. The van der Waals surface area contributed by atoms with Crippen LogP contribution in [0.5, 0.6) is 0 Å². The van der Waals surface area contributed by atoms with Crippen LogP contribution in [0.1, 0.15) is 45.1 Å². The maximum Gasteiger partial charge on any atom is 0.391 e. The van der Waals surface area contributed by atoms with Crippen molar-refractivity contribution in [3.63, 3.8) is 0 Å². The third-order valence-electron chi connectivity index (χ3n) is 6.40. The van der Waals surface area contributed by atoms with Crippen molar-refractivity contribution >= 4 is 11.8 Å². The van der Waals surface area contributed by atoms with Crippen LogP contribution in [0.3, 0.4) is 0 Å². The first-order valence-electron chi connectivity index (χ1n) is 10.3. The van der Waals surface area contributed by atoms with Gasteiger partial charge in [0.1, 0.15) is 0 Å². The van der Waals surface area contributed by atoms with E-state index < -0.39 is 23.4 Å². The van der Waals surface area contributed by atoms with Gasteiger partial charge in [-0.3, -0.25) is 9.59 Å². The first kappa shape index (κ1) is 21.7. The minimum atomic E-state index is -4.23. The van der Waals surface area contributed by atoms with Gasteiger partial charge < -0.3 is 9.80 Å². The Kier molecular flexibility index (Phi) is 6.24. The fourth-order valence-corrected chi connectivity index (χ4v) is 4.47. The first-order chi connectivity index (χ1) is 13.6. The third-order valence-corrected chi connectivity index (χ3v) is 6.40. The molecule has 160 valence electrons. The molecule has 2 fully saturated rings. The molecule has 2 aliphatic rings. The summed E-state index contributed by atoms with van der Waals surface area (Å²) in [5.41, 5.74) is 0.264. The Morgan fingerprint density at radius 1 is 0.931 bits per heavy atom. The van der Waals surface area contributed by atoms with E-state index in [0.29, 0.717) is 39.0 Å². The Bertz CT molecular complexity index is 725. The van der Waals surface area contributed by atoms with Gasteiger partial charge in [0.2, 0.25) is 11.8 Å². The van der Waals surface area contributed by atoms with Crippen molar-refractivity contribution < 1.29 is 22.8 Å². The van der Waals surface area contributed by atoms with Crippen molar-refractivity contribution in [1.29, 1.82) is 0 Å². The maximum atomic E-state index is 13.0. The molecule has 1 aliphatic carbocycles. The van der Waals surface area contributed by atoms with Crippen molar-refractivity contribution in [2.75, 3.05) is 26.2 Å². The summed E-state index contributed by atoms with van der Waals surface area (Å²) >= 11 is 0. The molecular weight excluding hydrogens is 381 g/mol. The molecular formula is C22H29F3N2O2. The molecule has 1 aromatic carbocycles. The lowest BCUT2D eigenvalue weighted by Crippen LogP contribution is -2.55. The number of alkyl halides is 3. The number of piperazine rings is 1. The van der Waals surface area contributed by atoms with Gasteiger partial charge in [-0.15, -0.1) is 0 Å². The summed E-state index contributed by atoms with van der Waals surface area (Å²) < 4.78 is 39.1. The number of halogens is 3. The minimum absolute atomic E-state index is 0.00519. The fourth-order valence-electron chi connectivity index (χ4n) is 4.47. The van der Waals surface area contributed by atoms with Crippen LogP contribution in [0.15, 0.2) is 30.3 Å². The van der Waals surface area contributed by atoms with Gasteiger partial charge in [0.25, 0.3) is 0 Å². The van der Waals surface area contributed by atoms with Gasteiger partial charge in [-0.2, -0.15) is 13.2 Å². The lowest BCUT2D eigenvalue weighted by atomic mass is 9.80. The quantitative estimate of drug-likeness (QED) is 0.756. The molecule has 1 heterocycles. The van der Waals surface area contributed by atoms with Crippen LogP contribution in [-0.2, 0) is 15.0 Å². The molecule has 1 saturated carbocycles. The van der Waals surface area contributed by atoms with Crippen LogP contribution in [-0.4, -0.2) is 54.0 Å². The first-order valence-corrected chi connectivity index (χ1v) is 10.3. The smallest absolute Gasteiger partial charge is 0.339 e. The normalized spacial score (nSPS) is 23.8. The van der Waals surface area contributed by atoms with Crippen molar-refractivity contribution in [2.45, 2.75) is 51.1 Å². The third kappa shape index (κ3) is 4.75. The average molecular weight is 410 g/mol. The van der Waals surface area contributed by atoms with Crippen molar-refractivity contribution in [3.8, 4) is 0 Å². The Hall–Kier alpha value is -2.05. The second-order valence-corrected chi connectivity index (χ2v) is 8.71. The van der Waals surface area contributed by atoms with E-state index in [1.165, 1.54) is 0 Å². The Morgan fingerprint density at radius 3 is 2.10 bits per heavy atom. The van der Waals surface area contributed by atoms with E-state index in [4.69, 9.17) is 0 Å². The van der Waals surface area contributed by atoms with E-state index in [-0.39, 0.29) is 24.7 Å². The summed E-state index contributed by atoms with van der Waals surface area (Å²) in [5, 5.41) is 0. The monoisotopic (exact) mass is 410 g/mol. The van der Waals surface area contributed by atoms with Gasteiger partial charge in [-0.25, -0.2) is 0 Å². The van der Waals surface area contributed by atoms with E-state index in [2.05, 4.69) is 0 Å². The average Bonchev–Trinajstić information content (AvgIpc) is 2.73. The molecule has 2 amide bonds. The zero-order valence-electron chi connectivity index (χ0n) is 17.0. The Labute approximate surface area is 170 Å². The molecule has 2 unspecified atom stereocenters. The Balaban J connectivity index is 1.57. The molecule has 1 saturated heterocycles. The van der Waals surface area contributed by atoms with E-state index in [1.807, 2.05) is 44.2 Å². The number of benzene rings is 1. The highest BCUT2D eigenvalue weighted by atomic mass is 19.4.